The van der Waals surface area contributed by atoms with E-state index >= 15 is 0 Å². The van der Waals surface area contributed by atoms with Gasteiger partial charge in [-0.15, -0.1) is 0 Å². The first kappa shape index (κ1) is 18.0. The smallest absolute Gasteiger partial charge is 0.261 e. The number of carbonyl (C=O) groups excluding carboxylic acids is 1. The number of sulfonamides is 1. The van der Waals surface area contributed by atoms with Crippen LogP contribution in [0.4, 0.5) is 11.4 Å². The third-order valence-electron chi connectivity index (χ3n) is 3.50. The molecule has 0 aliphatic carbocycles. The summed E-state index contributed by atoms with van der Waals surface area (Å²) < 4.78 is 32.0. The number of hydrogen-bond acceptors (Lipinski definition) is 5. The third kappa shape index (κ3) is 4.04. The molecule has 0 saturated carbocycles. The number of halogens is 1. The van der Waals surface area contributed by atoms with Crippen LogP contribution in [0.2, 0.25) is 5.02 Å². The molecule has 1 aromatic heterocycles. The normalized spacial score (nSPS) is 11.2. The van der Waals surface area contributed by atoms with Crippen molar-refractivity contribution >= 4 is 38.9 Å². The van der Waals surface area contributed by atoms with Crippen molar-refractivity contribution in [2.45, 2.75) is 11.8 Å². The third-order valence-corrected chi connectivity index (χ3v) is 5.11. The van der Waals surface area contributed by atoms with Gasteiger partial charge in [-0.3, -0.25) is 9.52 Å². The number of hydrogen-bond donors (Lipinski definition) is 2. The lowest BCUT2D eigenvalue weighted by Crippen LogP contribution is -2.14. The lowest BCUT2D eigenvalue weighted by Gasteiger charge is -2.09. The fourth-order valence-electron chi connectivity index (χ4n) is 2.18. The van der Waals surface area contributed by atoms with Crippen LogP contribution >= 0.6 is 11.6 Å². The Balaban J connectivity index is 1.72. The van der Waals surface area contributed by atoms with E-state index in [-0.39, 0.29) is 10.8 Å². The molecule has 134 valence electrons. The molecule has 0 radical (unpaired) electrons. The Hall–Kier alpha value is -2.84. The summed E-state index contributed by atoms with van der Waals surface area (Å²) >= 11 is 5.83. The van der Waals surface area contributed by atoms with Crippen LogP contribution in [0, 0.1) is 6.92 Å². The molecule has 2 aromatic carbocycles. The van der Waals surface area contributed by atoms with Crippen LogP contribution in [0.3, 0.4) is 0 Å². The maximum Gasteiger partial charge on any atom is 0.261 e. The van der Waals surface area contributed by atoms with Crippen molar-refractivity contribution in [3.05, 3.63) is 71.1 Å². The monoisotopic (exact) mass is 391 g/mol. The van der Waals surface area contributed by atoms with E-state index in [0.29, 0.717) is 27.7 Å². The molecule has 1 amide bonds. The summed E-state index contributed by atoms with van der Waals surface area (Å²) in [6.07, 6.45) is 1.33. The second kappa shape index (κ2) is 7.19. The number of carbonyl (C=O) groups is 1. The maximum absolute atomic E-state index is 12.4. The molecule has 1 heterocycles. The minimum atomic E-state index is -3.76. The summed E-state index contributed by atoms with van der Waals surface area (Å²) in [6, 6.07) is 12.2. The molecule has 0 aliphatic rings. The molecule has 0 spiro atoms. The van der Waals surface area contributed by atoms with Gasteiger partial charge in [-0.05, 0) is 49.4 Å². The van der Waals surface area contributed by atoms with E-state index in [2.05, 4.69) is 15.2 Å². The lowest BCUT2D eigenvalue weighted by atomic mass is 10.2. The molecule has 0 saturated heterocycles. The van der Waals surface area contributed by atoms with Crippen LogP contribution in [0.1, 0.15) is 16.1 Å². The van der Waals surface area contributed by atoms with Gasteiger partial charge in [0.2, 0.25) is 0 Å². The lowest BCUT2D eigenvalue weighted by molar-refractivity contribution is 0.102. The minimum Gasteiger partial charge on any atom is -0.361 e. The predicted molar refractivity (Wildman–Crippen MR) is 97.9 cm³/mol. The van der Waals surface area contributed by atoms with Crippen LogP contribution < -0.4 is 10.0 Å². The van der Waals surface area contributed by atoms with Gasteiger partial charge >= 0.3 is 0 Å². The SMILES string of the molecule is Cc1oncc1C(=O)Nc1ccc(NS(=O)(=O)c2cccc(Cl)c2)cc1. The Bertz CT molecular complexity index is 1050. The molecule has 0 bridgehead atoms. The molecule has 9 heteroatoms. The van der Waals surface area contributed by atoms with E-state index in [1.165, 1.54) is 30.5 Å². The number of anilines is 2. The molecular formula is C17H14ClN3O4S. The summed E-state index contributed by atoms with van der Waals surface area (Å²) in [4.78, 5) is 12.2. The zero-order valence-electron chi connectivity index (χ0n) is 13.6. The fraction of sp³-hybridized carbons (Fsp3) is 0.0588. The Morgan fingerprint density at radius 1 is 1.12 bits per heavy atom. The largest absolute Gasteiger partial charge is 0.361 e. The van der Waals surface area contributed by atoms with Crippen molar-refractivity contribution in [3.8, 4) is 0 Å². The highest BCUT2D eigenvalue weighted by Gasteiger charge is 2.15. The molecule has 0 atom stereocenters. The van der Waals surface area contributed by atoms with Crippen LogP contribution in [-0.2, 0) is 10.0 Å². The topological polar surface area (TPSA) is 101 Å². The first-order chi connectivity index (χ1) is 12.3. The van der Waals surface area contributed by atoms with Crippen molar-refractivity contribution in [2.75, 3.05) is 10.0 Å². The van der Waals surface area contributed by atoms with Gasteiger partial charge in [-0.2, -0.15) is 0 Å². The predicted octanol–water partition coefficient (Wildman–Crippen LogP) is 3.69. The highest BCUT2D eigenvalue weighted by molar-refractivity contribution is 7.92. The standard InChI is InChI=1S/C17H14ClN3O4S/c1-11-16(10-19-25-11)17(22)20-13-5-7-14(8-6-13)21-26(23,24)15-4-2-3-12(18)9-15/h2-10,21H,1H3,(H,20,22). The number of rotatable bonds is 5. The number of benzene rings is 2. The van der Waals surface area contributed by atoms with Gasteiger partial charge in [-0.25, -0.2) is 8.42 Å². The van der Waals surface area contributed by atoms with Gasteiger partial charge in [0.25, 0.3) is 15.9 Å². The molecule has 0 unspecified atom stereocenters. The second-order valence-electron chi connectivity index (χ2n) is 5.39. The van der Waals surface area contributed by atoms with Gasteiger partial charge in [0.15, 0.2) is 0 Å². The molecule has 0 aliphatic heterocycles. The average molecular weight is 392 g/mol. The molecule has 7 nitrogen and oxygen atoms in total. The zero-order chi connectivity index (χ0) is 18.7. The molecule has 2 N–H and O–H groups in total. The summed E-state index contributed by atoms with van der Waals surface area (Å²) in [7, 11) is -3.76. The molecule has 26 heavy (non-hydrogen) atoms. The quantitative estimate of drug-likeness (QED) is 0.690. The average Bonchev–Trinajstić information content (AvgIpc) is 3.02. The molecule has 3 aromatic rings. The summed E-state index contributed by atoms with van der Waals surface area (Å²) in [5.74, 6) is 0.0458. The molecular weight excluding hydrogens is 378 g/mol. The molecule has 0 fully saturated rings. The van der Waals surface area contributed by atoms with Crippen molar-refractivity contribution in [1.29, 1.82) is 0 Å². The Kier molecular flexibility index (Phi) is 4.97. The first-order valence-corrected chi connectivity index (χ1v) is 9.32. The minimum absolute atomic E-state index is 0.0605. The zero-order valence-corrected chi connectivity index (χ0v) is 15.1. The van der Waals surface area contributed by atoms with Gasteiger partial charge in [0.05, 0.1) is 11.1 Å². The van der Waals surface area contributed by atoms with Crippen LogP contribution in [0.5, 0.6) is 0 Å². The van der Waals surface area contributed by atoms with Crippen LogP contribution in [0.15, 0.2) is 64.1 Å². The highest BCUT2D eigenvalue weighted by Crippen LogP contribution is 2.21. The number of amides is 1. The van der Waals surface area contributed by atoms with Crippen LogP contribution in [0.25, 0.3) is 0 Å². The Morgan fingerprint density at radius 3 is 2.42 bits per heavy atom. The highest BCUT2D eigenvalue weighted by atomic mass is 35.5. The van der Waals surface area contributed by atoms with Gasteiger partial charge in [0.1, 0.15) is 11.3 Å². The fourth-order valence-corrected chi connectivity index (χ4v) is 3.54. The number of aromatic nitrogens is 1. The van der Waals surface area contributed by atoms with Gasteiger partial charge < -0.3 is 9.84 Å². The van der Waals surface area contributed by atoms with E-state index in [9.17, 15) is 13.2 Å². The Morgan fingerprint density at radius 2 is 1.81 bits per heavy atom. The van der Waals surface area contributed by atoms with Crippen molar-refractivity contribution in [2.24, 2.45) is 0 Å². The number of nitrogens with one attached hydrogen (secondary N) is 2. The van der Waals surface area contributed by atoms with Crippen molar-refractivity contribution in [3.63, 3.8) is 0 Å². The van der Waals surface area contributed by atoms with Crippen molar-refractivity contribution < 1.29 is 17.7 Å². The maximum atomic E-state index is 12.4. The number of aryl methyl sites for hydroxylation is 1. The summed E-state index contributed by atoms with van der Waals surface area (Å²) in [6.45, 7) is 1.63. The first-order valence-electron chi connectivity index (χ1n) is 7.46. The van der Waals surface area contributed by atoms with E-state index in [1.807, 2.05) is 0 Å². The van der Waals surface area contributed by atoms with E-state index in [0.717, 1.165) is 0 Å². The Labute approximate surface area is 155 Å². The van der Waals surface area contributed by atoms with Gasteiger partial charge in [0, 0.05) is 16.4 Å². The molecule has 3 rings (SSSR count). The van der Waals surface area contributed by atoms with Crippen LogP contribution in [-0.4, -0.2) is 19.5 Å². The van der Waals surface area contributed by atoms with Crippen molar-refractivity contribution in [1.82, 2.24) is 5.16 Å². The van der Waals surface area contributed by atoms with E-state index < -0.39 is 10.0 Å². The van der Waals surface area contributed by atoms with Gasteiger partial charge in [-0.1, -0.05) is 22.8 Å². The number of nitrogens with zero attached hydrogens (tertiary/aromatic N) is 1. The second-order valence-corrected chi connectivity index (χ2v) is 7.51. The summed E-state index contributed by atoms with van der Waals surface area (Å²) in [5.41, 5.74) is 1.18. The van der Waals surface area contributed by atoms with E-state index in [1.54, 1.807) is 31.2 Å². The van der Waals surface area contributed by atoms with E-state index in [4.69, 9.17) is 16.1 Å². The summed E-state index contributed by atoms with van der Waals surface area (Å²) in [5, 5.41) is 6.56.